The number of hydrogen-bond donors (Lipinski definition) is 0. The molecule has 2 nitrogen and oxygen atoms in total. The van der Waals surface area contributed by atoms with Crippen molar-refractivity contribution < 1.29 is 4.42 Å². The van der Waals surface area contributed by atoms with E-state index in [1.807, 2.05) is 0 Å². The van der Waals surface area contributed by atoms with Crippen LogP contribution in [0.2, 0.25) is 0 Å². The van der Waals surface area contributed by atoms with Gasteiger partial charge in [0.15, 0.2) is 0 Å². The van der Waals surface area contributed by atoms with Gasteiger partial charge >= 0.3 is 0 Å². The average Bonchev–Trinajstić information content (AvgIpc) is 3.68. The van der Waals surface area contributed by atoms with Crippen molar-refractivity contribution in [1.82, 2.24) is 0 Å². The number of para-hydroxylation sites is 2. The van der Waals surface area contributed by atoms with Gasteiger partial charge in [-0.3, -0.25) is 0 Å². The van der Waals surface area contributed by atoms with E-state index in [9.17, 15) is 0 Å². The maximum Gasteiger partial charge on any atom is 0.143 e. The topological polar surface area (TPSA) is 16.4 Å². The Bertz CT molecular complexity index is 3600. The monoisotopic (exact) mass is 763 g/mol. The number of nitrogens with zero attached hydrogens (tertiary/aromatic N) is 1. The first-order valence-electron chi connectivity index (χ1n) is 20.6. The van der Waals surface area contributed by atoms with Crippen LogP contribution in [0.15, 0.2) is 229 Å². The maximum absolute atomic E-state index is 6.79. The van der Waals surface area contributed by atoms with Crippen molar-refractivity contribution in [3.63, 3.8) is 0 Å². The summed E-state index contributed by atoms with van der Waals surface area (Å²) < 4.78 is 6.79. The predicted octanol–water partition coefficient (Wildman–Crippen LogP) is 16.7. The molecular weight excluding hydrogens is 727 g/mol. The van der Waals surface area contributed by atoms with Crippen LogP contribution < -0.4 is 4.90 Å². The molecule has 0 saturated carbocycles. The minimum absolute atomic E-state index is 0.890. The molecule has 0 aliphatic heterocycles. The highest BCUT2D eigenvalue weighted by Gasteiger charge is 2.21. The van der Waals surface area contributed by atoms with Crippen LogP contribution in [0.5, 0.6) is 0 Å². The van der Waals surface area contributed by atoms with Crippen molar-refractivity contribution in [3.8, 4) is 33.4 Å². The minimum atomic E-state index is 0.890. The molecule has 11 aromatic carbocycles. The summed E-state index contributed by atoms with van der Waals surface area (Å²) in [6.45, 7) is 0. The number of rotatable bonds is 6. The van der Waals surface area contributed by atoms with Crippen molar-refractivity contribution in [3.05, 3.63) is 224 Å². The van der Waals surface area contributed by atoms with Gasteiger partial charge in [0.05, 0.1) is 5.69 Å². The molecule has 0 saturated heterocycles. The summed E-state index contributed by atoms with van der Waals surface area (Å²) in [4.78, 5) is 2.38. The fourth-order valence-electron chi connectivity index (χ4n) is 9.19. The van der Waals surface area contributed by atoms with E-state index in [1.54, 1.807) is 0 Å². The lowest BCUT2D eigenvalue weighted by molar-refractivity contribution is 0.670. The van der Waals surface area contributed by atoms with E-state index in [-0.39, 0.29) is 0 Å². The van der Waals surface area contributed by atoms with Gasteiger partial charge in [-0.25, -0.2) is 0 Å². The summed E-state index contributed by atoms with van der Waals surface area (Å²) in [7, 11) is 0. The normalized spacial score (nSPS) is 11.7. The molecular formula is C58H37NO. The van der Waals surface area contributed by atoms with Crippen molar-refractivity contribution in [2.75, 3.05) is 4.90 Å². The van der Waals surface area contributed by atoms with Crippen LogP contribution >= 0.6 is 0 Å². The van der Waals surface area contributed by atoms with Crippen molar-refractivity contribution in [2.24, 2.45) is 0 Å². The fourth-order valence-corrected chi connectivity index (χ4v) is 9.19. The minimum Gasteiger partial charge on any atom is -0.455 e. The zero-order chi connectivity index (χ0) is 39.6. The van der Waals surface area contributed by atoms with Gasteiger partial charge < -0.3 is 9.32 Å². The van der Waals surface area contributed by atoms with Gasteiger partial charge in [0.1, 0.15) is 11.2 Å². The Kier molecular flexibility index (Phi) is 7.89. The Labute approximate surface area is 347 Å². The van der Waals surface area contributed by atoms with E-state index in [4.69, 9.17) is 4.42 Å². The molecule has 0 amide bonds. The summed E-state index contributed by atoms with van der Waals surface area (Å²) in [5.41, 5.74) is 11.9. The molecule has 0 aliphatic carbocycles. The first kappa shape index (κ1) is 34.1. The number of anilines is 3. The Balaban J connectivity index is 0.994. The smallest absolute Gasteiger partial charge is 0.143 e. The van der Waals surface area contributed by atoms with Crippen LogP contribution in [0.3, 0.4) is 0 Å². The number of hydrogen-bond acceptors (Lipinski definition) is 2. The van der Waals surface area contributed by atoms with Gasteiger partial charge in [-0.05, 0) is 120 Å². The van der Waals surface area contributed by atoms with Crippen LogP contribution in [-0.2, 0) is 0 Å². The van der Waals surface area contributed by atoms with Gasteiger partial charge in [0, 0.05) is 33.3 Å². The highest BCUT2D eigenvalue weighted by Crippen LogP contribution is 2.45. The molecule has 2 heteroatoms. The highest BCUT2D eigenvalue weighted by molar-refractivity contribution is 6.14. The first-order chi connectivity index (χ1) is 29.7. The Morgan fingerprint density at radius 2 is 0.783 bits per heavy atom. The summed E-state index contributed by atoms with van der Waals surface area (Å²) in [6, 6.07) is 81.3. The zero-order valence-corrected chi connectivity index (χ0v) is 32.7. The third-order valence-corrected chi connectivity index (χ3v) is 12.2. The van der Waals surface area contributed by atoms with Crippen LogP contribution in [-0.4, -0.2) is 0 Å². The lowest BCUT2D eigenvalue weighted by Crippen LogP contribution is -2.11. The summed E-state index contributed by atoms with van der Waals surface area (Å²) in [5.74, 6) is 0. The molecule has 0 N–H and O–H groups in total. The maximum atomic E-state index is 6.79. The Hall–Kier alpha value is -7.94. The summed E-state index contributed by atoms with van der Waals surface area (Å²) in [5, 5.41) is 12.2. The van der Waals surface area contributed by atoms with E-state index in [1.165, 1.54) is 65.3 Å². The average molecular weight is 764 g/mol. The van der Waals surface area contributed by atoms with Crippen LogP contribution in [0.4, 0.5) is 17.1 Å². The van der Waals surface area contributed by atoms with E-state index in [0.29, 0.717) is 0 Å². The second-order valence-electron chi connectivity index (χ2n) is 15.7. The standard InChI is InChI=1S/C58H37NO/c1-2-12-42-34-45(22-20-38(42)10-1)39-24-29-48(30-25-39)59(49-31-26-40(27-32-49)46-28-33-51-47(35-46)23-21-41-11-5-6-15-50(41)51)56-19-8-7-16-52(56)53-17-9-18-54-55-36-43-13-3-4-14-44(43)37-57(55)60-58(53)54/h1-37H. The molecule has 12 rings (SSSR count). The van der Waals surface area contributed by atoms with Crippen molar-refractivity contribution >= 4 is 82.1 Å². The lowest BCUT2D eigenvalue weighted by Gasteiger charge is -2.28. The molecule has 0 fully saturated rings. The summed E-state index contributed by atoms with van der Waals surface area (Å²) in [6.07, 6.45) is 0. The number of fused-ring (bicyclic) bond motifs is 8. The van der Waals surface area contributed by atoms with E-state index in [0.717, 1.165) is 50.1 Å². The van der Waals surface area contributed by atoms with Gasteiger partial charge in [-0.2, -0.15) is 0 Å². The van der Waals surface area contributed by atoms with Gasteiger partial charge in [0.2, 0.25) is 0 Å². The molecule has 1 aromatic heterocycles. The quantitative estimate of drug-likeness (QED) is 0.157. The molecule has 0 aliphatic rings. The van der Waals surface area contributed by atoms with E-state index < -0.39 is 0 Å². The van der Waals surface area contributed by atoms with Crippen molar-refractivity contribution in [1.29, 1.82) is 0 Å². The molecule has 0 bridgehead atoms. The van der Waals surface area contributed by atoms with Crippen LogP contribution in [0, 0.1) is 0 Å². The lowest BCUT2D eigenvalue weighted by atomic mass is 9.97. The van der Waals surface area contributed by atoms with E-state index >= 15 is 0 Å². The molecule has 0 radical (unpaired) electrons. The highest BCUT2D eigenvalue weighted by atomic mass is 16.3. The SMILES string of the molecule is c1ccc(N(c2ccc(-c3ccc4ccccc4c3)cc2)c2ccc(-c3ccc4c(ccc5ccccc54)c3)cc2)c(-c2cccc3c2oc2cc4ccccc4cc23)c1. The van der Waals surface area contributed by atoms with Crippen LogP contribution in [0.25, 0.3) is 98.4 Å². The molecule has 1 heterocycles. The predicted molar refractivity (Wildman–Crippen MR) is 255 cm³/mol. The Morgan fingerprint density at radius 3 is 1.53 bits per heavy atom. The second kappa shape index (κ2) is 13.9. The fraction of sp³-hybridized carbons (Fsp3) is 0. The van der Waals surface area contributed by atoms with Crippen molar-refractivity contribution in [2.45, 2.75) is 0 Å². The molecule has 0 unspecified atom stereocenters. The third-order valence-electron chi connectivity index (χ3n) is 12.2. The molecule has 60 heavy (non-hydrogen) atoms. The molecule has 0 atom stereocenters. The largest absolute Gasteiger partial charge is 0.455 e. The summed E-state index contributed by atoms with van der Waals surface area (Å²) >= 11 is 0. The molecule has 12 aromatic rings. The first-order valence-corrected chi connectivity index (χ1v) is 20.6. The van der Waals surface area contributed by atoms with Crippen LogP contribution in [0.1, 0.15) is 0 Å². The number of benzene rings is 11. The zero-order valence-electron chi connectivity index (χ0n) is 32.7. The van der Waals surface area contributed by atoms with Gasteiger partial charge in [-0.1, -0.05) is 170 Å². The second-order valence-corrected chi connectivity index (χ2v) is 15.7. The molecule has 0 spiro atoms. The van der Waals surface area contributed by atoms with E-state index in [2.05, 4.69) is 229 Å². The Morgan fingerprint density at radius 1 is 0.283 bits per heavy atom. The van der Waals surface area contributed by atoms with Gasteiger partial charge in [0.25, 0.3) is 0 Å². The molecule has 280 valence electrons. The number of furan rings is 1. The van der Waals surface area contributed by atoms with Gasteiger partial charge in [-0.15, -0.1) is 0 Å². The third kappa shape index (κ3) is 5.73.